The molecule has 2 amide bonds. The molecule has 0 bridgehead atoms. The maximum Gasteiger partial charge on any atom is 0.243 e. The topological polar surface area (TPSA) is 118 Å². The Morgan fingerprint density at radius 2 is 2.00 bits per heavy atom. The lowest BCUT2D eigenvalue weighted by Gasteiger charge is -2.15. The van der Waals surface area contributed by atoms with Crippen LogP contribution < -0.4 is 16.4 Å². The van der Waals surface area contributed by atoms with Crippen LogP contribution in [0.5, 0.6) is 0 Å². The molecule has 7 nitrogen and oxygen atoms in total. The highest BCUT2D eigenvalue weighted by atomic mass is 32.2. The Hall–Kier alpha value is -1.93. The van der Waals surface area contributed by atoms with Gasteiger partial charge in [0.2, 0.25) is 11.8 Å². The van der Waals surface area contributed by atoms with E-state index < -0.39 is 27.7 Å². The van der Waals surface area contributed by atoms with Crippen molar-refractivity contribution in [1.29, 1.82) is 0 Å². The van der Waals surface area contributed by atoms with Crippen LogP contribution in [0.1, 0.15) is 19.4 Å². The number of nitrogens with one attached hydrogen (secondary N) is 2. The average molecular weight is 339 g/mol. The molecule has 1 aromatic rings. The zero-order valence-corrected chi connectivity index (χ0v) is 13.9. The molecule has 0 aromatic heterocycles. The second-order valence-electron chi connectivity index (χ2n) is 5.93. The van der Waals surface area contributed by atoms with Gasteiger partial charge in [0.1, 0.15) is 0 Å². The average Bonchev–Trinajstić information content (AvgIpc) is 2.79. The lowest BCUT2D eigenvalue weighted by molar-refractivity contribution is -0.125. The lowest BCUT2D eigenvalue weighted by Crippen LogP contribution is -2.46. The SMILES string of the molecule is CC(C)[C@H](N)C(=O)NCC(=O)Nc1ccc2c(c1)S(=O)(=O)CC2. The first-order valence-electron chi connectivity index (χ1n) is 7.39. The van der Waals surface area contributed by atoms with Crippen LogP contribution in [0.4, 0.5) is 5.69 Å². The lowest BCUT2D eigenvalue weighted by atomic mass is 10.1. The Kier molecular flexibility index (Phi) is 5.06. The Labute approximate surface area is 135 Å². The van der Waals surface area contributed by atoms with E-state index in [0.29, 0.717) is 12.1 Å². The number of anilines is 1. The summed E-state index contributed by atoms with van der Waals surface area (Å²) in [5.74, 6) is -0.764. The molecule has 0 saturated carbocycles. The summed E-state index contributed by atoms with van der Waals surface area (Å²) in [5, 5.41) is 5.03. The molecule has 0 saturated heterocycles. The highest BCUT2D eigenvalue weighted by Gasteiger charge is 2.26. The van der Waals surface area contributed by atoms with Crippen LogP contribution >= 0.6 is 0 Å². The fourth-order valence-corrected chi connectivity index (χ4v) is 3.86. The van der Waals surface area contributed by atoms with Crippen molar-refractivity contribution in [3.05, 3.63) is 23.8 Å². The molecular weight excluding hydrogens is 318 g/mol. The van der Waals surface area contributed by atoms with Crippen LogP contribution in [-0.4, -0.2) is 38.6 Å². The summed E-state index contributed by atoms with van der Waals surface area (Å²) >= 11 is 0. The number of nitrogens with two attached hydrogens (primary N) is 1. The standard InChI is InChI=1S/C15H21N3O4S/c1-9(2)14(16)15(20)17-8-13(19)18-11-4-3-10-5-6-23(21,22)12(10)7-11/h3-4,7,9,14H,5-6,8,16H2,1-2H3,(H,17,20)(H,18,19)/t14-/m0/s1. The van der Waals surface area contributed by atoms with Crippen LogP contribution in [0.3, 0.4) is 0 Å². The Morgan fingerprint density at radius 3 is 2.65 bits per heavy atom. The maximum atomic E-state index is 11.9. The Balaban J connectivity index is 1.96. The molecule has 4 N–H and O–H groups in total. The summed E-state index contributed by atoms with van der Waals surface area (Å²) in [5.41, 5.74) is 6.83. The molecule has 1 atom stereocenters. The second-order valence-corrected chi connectivity index (χ2v) is 8.00. The summed E-state index contributed by atoms with van der Waals surface area (Å²) in [6.45, 7) is 3.41. The van der Waals surface area contributed by atoms with Crippen molar-refractivity contribution >= 4 is 27.3 Å². The van der Waals surface area contributed by atoms with E-state index in [9.17, 15) is 18.0 Å². The van der Waals surface area contributed by atoms with Gasteiger partial charge in [-0.2, -0.15) is 0 Å². The van der Waals surface area contributed by atoms with Crippen molar-refractivity contribution in [2.75, 3.05) is 17.6 Å². The van der Waals surface area contributed by atoms with E-state index >= 15 is 0 Å². The summed E-state index contributed by atoms with van der Waals surface area (Å²) < 4.78 is 23.7. The van der Waals surface area contributed by atoms with Crippen LogP contribution in [0.2, 0.25) is 0 Å². The second kappa shape index (κ2) is 6.67. The van der Waals surface area contributed by atoms with Gasteiger partial charge in [0.05, 0.1) is 23.2 Å². The van der Waals surface area contributed by atoms with E-state index in [-0.39, 0.29) is 23.1 Å². The minimum absolute atomic E-state index is 0.0278. The fourth-order valence-electron chi connectivity index (χ4n) is 2.28. The third-order valence-electron chi connectivity index (χ3n) is 3.77. The molecule has 1 aliphatic heterocycles. The highest BCUT2D eigenvalue weighted by Crippen LogP contribution is 2.28. The molecule has 0 spiro atoms. The van der Waals surface area contributed by atoms with Crippen molar-refractivity contribution in [3.8, 4) is 0 Å². The van der Waals surface area contributed by atoms with Gasteiger partial charge in [0, 0.05) is 5.69 Å². The van der Waals surface area contributed by atoms with Crippen LogP contribution in [0.25, 0.3) is 0 Å². The first-order valence-corrected chi connectivity index (χ1v) is 9.05. The van der Waals surface area contributed by atoms with Gasteiger partial charge in [-0.05, 0) is 30.0 Å². The van der Waals surface area contributed by atoms with Crippen molar-refractivity contribution in [2.45, 2.75) is 31.2 Å². The van der Waals surface area contributed by atoms with Crippen molar-refractivity contribution < 1.29 is 18.0 Å². The van der Waals surface area contributed by atoms with E-state index in [1.54, 1.807) is 12.1 Å². The van der Waals surface area contributed by atoms with Crippen LogP contribution in [-0.2, 0) is 25.8 Å². The van der Waals surface area contributed by atoms with Gasteiger partial charge in [0.25, 0.3) is 0 Å². The number of hydrogen-bond acceptors (Lipinski definition) is 5. The van der Waals surface area contributed by atoms with Gasteiger partial charge in [0.15, 0.2) is 9.84 Å². The zero-order valence-electron chi connectivity index (χ0n) is 13.1. The number of fused-ring (bicyclic) bond motifs is 1. The van der Waals surface area contributed by atoms with E-state index in [4.69, 9.17) is 5.73 Å². The molecule has 0 fully saturated rings. The van der Waals surface area contributed by atoms with Crippen molar-refractivity contribution in [3.63, 3.8) is 0 Å². The molecule has 2 rings (SSSR count). The molecule has 126 valence electrons. The number of benzene rings is 1. The largest absolute Gasteiger partial charge is 0.346 e. The van der Waals surface area contributed by atoms with Gasteiger partial charge in [-0.3, -0.25) is 9.59 Å². The number of carbonyl (C=O) groups excluding carboxylic acids is 2. The molecule has 0 unspecified atom stereocenters. The number of aryl methyl sites for hydroxylation is 1. The summed E-state index contributed by atoms with van der Waals surface area (Å²) in [4.78, 5) is 23.8. The van der Waals surface area contributed by atoms with E-state index in [1.807, 2.05) is 13.8 Å². The molecule has 0 aliphatic carbocycles. The number of sulfone groups is 1. The number of hydrogen-bond donors (Lipinski definition) is 3. The van der Waals surface area contributed by atoms with E-state index in [2.05, 4.69) is 10.6 Å². The Morgan fingerprint density at radius 1 is 1.30 bits per heavy atom. The van der Waals surface area contributed by atoms with Gasteiger partial charge >= 0.3 is 0 Å². The molecular formula is C15H21N3O4S. The van der Waals surface area contributed by atoms with Gasteiger partial charge in [-0.1, -0.05) is 19.9 Å². The van der Waals surface area contributed by atoms with Crippen LogP contribution in [0.15, 0.2) is 23.1 Å². The first-order chi connectivity index (χ1) is 10.7. The number of rotatable bonds is 5. The Bertz CT molecular complexity index is 728. The first kappa shape index (κ1) is 17.4. The molecule has 8 heteroatoms. The zero-order chi connectivity index (χ0) is 17.2. The maximum absolute atomic E-state index is 11.9. The predicted molar refractivity (Wildman–Crippen MR) is 86.7 cm³/mol. The van der Waals surface area contributed by atoms with Gasteiger partial charge < -0.3 is 16.4 Å². The predicted octanol–water partition coefficient (Wildman–Crippen LogP) is 0.0544. The summed E-state index contributed by atoms with van der Waals surface area (Å²) in [6.07, 6.45) is 0.495. The van der Waals surface area contributed by atoms with E-state index in [1.165, 1.54) is 6.07 Å². The molecule has 23 heavy (non-hydrogen) atoms. The molecule has 1 aromatic carbocycles. The number of amides is 2. The van der Waals surface area contributed by atoms with Crippen LogP contribution in [0, 0.1) is 5.92 Å². The third-order valence-corrected chi connectivity index (χ3v) is 5.56. The van der Waals surface area contributed by atoms with Gasteiger partial charge in [-0.25, -0.2) is 8.42 Å². The van der Waals surface area contributed by atoms with E-state index in [0.717, 1.165) is 5.56 Å². The highest BCUT2D eigenvalue weighted by molar-refractivity contribution is 7.91. The molecule has 0 radical (unpaired) electrons. The van der Waals surface area contributed by atoms with Crippen molar-refractivity contribution in [1.82, 2.24) is 5.32 Å². The minimum Gasteiger partial charge on any atom is -0.346 e. The number of carbonyl (C=O) groups is 2. The molecule has 1 aliphatic rings. The quantitative estimate of drug-likeness (QED) is 0.701. The van der Waals surface area contributed by atoms with Gasteiger partial charge in [-0.15, -0.1) is 0 Å². The van der Waals surface area contributed by atoms with Crippen molar-refractivity contribution in [2.24, 2.45) is 11.7 Å². The smallest absolute Gasteiger partial charge is 0.243 e. The fraction of sp³-hybridized carbons (Fsp3) is 0.467. The monoisotopic (exact) mass is 339 g/mol. The third kappa shape index (κ3) is 4.08. The summed E-state index contributed by atoms with van der Waals surface area (Å²) in [6, 6.07) is 4.13. The molecule has 1 heterocycles. The summed E-state index contributed by atoms with van der Waals surface area (Å²) in [7, 11) is -3.25. The normalized spacial score (nSPS) is 16.7. The minimum atomic E-state index is -3.25.